The lowest BCUT2D eigenvalue weighted by Crippen LogP contribution is -2.46. The molecule has 0 radical (unpaired) electrons. The molecule has 0 spiro atoms. The zero-order valence-corrected chi connectivity index (χ0v) is 12.9. The van der Waals surface area contributed by atoms with Gasteiger partial charge in [-0.25, -0.2) is 9.97 Å². The van der Waals surface area contributed by atoms with Crippen molar-refractivity contribution >= 4 is 5.82 Å². The first-order valence-corrected chi connectivity index (χ1v) is 7.37. The van der Waals surface area contributed by atoms with Gasteiger partial charge in [0, 0.05) is 45.4 Å². The van der Waals surface area contributed by atoms with E-state index in [9.17, 15) is 5.11 Å². The molecule has 0 amide bonds. The number of aliphatic hydroxyl groups is 1. The molecular formula is C15H25N3O3. The Morgan fingerprint density at radius 2 is 2.19 bits per heavy atom. The summed E-state index contributed by atoms with van der Waals surface area (Å²) in [6.07, 6.45) is 4.52. The second-order valence-electron chi connectivity index (χ2n) is 5.73. The molecule has 1 aliphatic rings. The summed E-state index contributed by atoms with van der Waals surface area (Å²) < 4.78 is 10.3. The van der Waals surface area contributed by atoms with Gasteiger partial charge in [0.05, 0.1) is 18.9 Å². The molecule has 1 N–H and O–H groups in total. The van der Waals surface area contributed by atoms with Crippen molar-refractivity contribution in [3.63, 3.8) is 0 Å². The average Bonchev–Trinajstić information content (AvgIpc) is 2.54. The quantitative estimate of drug-likeness (QED) is 0.816. The van der Waals surface area contributed by atoms with E-state index in [4.69, 9.17) is 9.47 Å². The number of methoxy groups -OCH3 is 2. The molecule has 6 heteroatoms. The number of rotatable bonds is 7. The second-order valence-corrected chi connectivity index (χ2v) is 5.73. The van der Waals surface area contributed by atoms with Crippen LogP contribution in [0, 0.1) is 5.41 Å². The molecule has 118 valence electrons. The molecule has 0 aliphatic carbocycles. The molecule has 1 fully saturated rings. The molecule has 0 unspecified atom stereocenters. The lowest BCUT2D eigenvalue weighted by Gasteiger charge is -2.42. The van der Waals surface area contributed by atoms with Gasteiger partial charge in [0.15, 0.2) is 0 Å². The summed E-state index contributed by atoms with van der Waals surface area (Å²) in [4.78, 5) is 10.8. The Labute approximate surface area is 126 Å². The van der Waals surface area contributed by atoms with Gasteiger partial charge >= 0.3 is 0 Å². The molecule has 1 atom stereocenters. The molecule has 2 rings (SSSR count). The molecule has 0 bridgehead atoms. The van der Waals surface area contributed by atoms with Gasteiger partial charge in [0.2, 0.25) is 0 Å². The molecule has 1 aromatic heterocycles. The van der Waals surface area contributed by atoms with Crippen LogP contribution in [0.1, 0.15) is 25.0 Å². The van der Waals surface area contributed by atoms with Crippen LogP contribution < -0.4 is 4.90 Å². The van der Waals surface area contributed by atoms with E-state index in [2.05, 4.69) is 14.9 Å². The number of aromatic nitrogens is 2. The fourth-order valence-electron chi connectivity index (χ4n) is 2.92. The van der Waals surface area contributed by atoms with Crippen molar-refractivity contribution in [3.8, 4) is 0 Å². The minimum Gasteiger partial charge on any atom is -0.396 e. The molecule has 0 saturated carbocycles. The molecule has 1 aromatic rings. The zero-order chi connectivity index (χ0) is 15.1. The number of nitrogens with zero attached hydrogens (tertiary/aromatic N) is 3. The van der Waals surface area contributed by atoms with Crippen LogP contribution in [-0.4, -0.2) is 55.6 Å². The predicted octanol–water partition coefficient (Wildman–Crippen LogP) is 1.24. The number of ether oxygens (including phenoxy) is 2. The largest absolute Gasteiger partial charge is 0.396 e. The highest BCUT2D eigenvalue weighted by Crippen LogP contribution is 2.34. The first kappa shape index (κ1) is 16.1. The SMILES string of the molecule is COCC[C@@]1(CO)CCCN(c2cc(COC)ncn2)C1. The smallest absolute Gasteiger partial charge is 0.132 e. The van der Waals surface area contributed by atoms with Crippen LogP contribution in [0.4, 0.5) is 5.82 Å². The van der Waals surface area contributed by atoms with E-state index in [0.717, 1.165) is 43.9 Å². The highest BCUT2D eigenvalue weighted by Gasteiger charge is 2.35. The fourth-order valence-corrected chi connectivity index (χ4v) is 2.92. The normalized spacial score (nSPS) is 22.5. The first-order chi connectivity index (χ1) is 10.2. The van der Waals surface area contributed by atoms with Crippen LogP contribution in [-0.2, 0) is 16.1 Å². The number of hydrogen-bond acceptors (Lipinski definition) is 6. The van der Waals surface area contributed by atoms with Crippen molar-refractivity contribution in [1.82, 2.24) is 9.97 Å². The maximum Gasteiger partial charge on any atom is 0.132 e. The highest BCUT2D eigenvalue weighted by atomic mass is 16.5. The summed E-state index contributed by atoms with van der Waals surface area (Å²) in [5, 5.41) is 9.84. The average molecular weight is 295 g/mol. The summed E-state index contributed by atoms with van der Waals surface area (Å²) >= 11 is 0. The van der Waals surface area contributed by atoms with Gasteiger partial charge in [-0.3, -0.25) is 0 Å². The van der Waals surface area contributed by atoms with E-state index in [1.54, 1.807) is 20.5 Å². The molecular weight excluding hydrogens is 270 g/mol. The number of piperidine rings is 1. The van der Waals surface area contributed by atoms with Crippen molar-refractivity contribution in [2.24, 2.45) is 5.41 Å². The van der Waals surface area contributed by atoms with Crippen molar-refractivity contribution in [1.29, 1.82) is 0 Å². The lowest BCUT2D eigenvalue weighted by molar-refractivity contribution is 0.0624. The maximum absolute atomic E-state index is 9.84. The predicted molar refractivity (Wildman–Crippen MR) is 80.2 cm³/mol. The van der Waals surface area contributed by atoms with Crippen LogP contribution in [0.25, 0.3) is 0 Å². The third-order valence-corrected chi connectivity index (χ3v) is 4.16. The summed E-state index contributed by atoms with van der Waals surface area (Å²) in [7, 11) is 3.36. The van der Waals surface area contributed by atoms with Gasteiger partial charge in [-0.15, -0.1) is 0 Å². The van der Waals surface area contributed by atoms with Crippen LogP contribution in [0.5, 0.6) is 0 Å². The Morgan fingerprint density at radius 1 is 1.33 bits per heavy atom. The third-order valence-electron chi connectivity index (χ3n) is 4.16. The van der Waals surface area contributed by atoms with Crippen LogP contribution in [0.15, 0.2) is 12.4 Å². The molecule has 21 heavy (non-hydrogen) atoms. The van der Waals surface area contributed by atoms with Crippen molar-refractivity contribution in [2.75, 3.05) is 45.4 Å². The van der Waals surface area contributed by atoms with E-state index in [0.29, 0.717) is 13.2 Å². The molecule has 1 aliphatic heterocycles. The lowest BCUT2D eigenvalue weighted by atomic mass is 9.78. The van der Waals surface area contributed by atoms with Crippen molar-refractivity contribution < 1.29 is 14.6 Å². The van der Waals surface area contributed by atoms with Crippen LogP contribution in [0.3, 0.4) is 0 Å². The summed E-state index contributed by atoms with van der Waals surface area (Å²) in [5.41, 5.74) is 0.778. The van der Waals surface area contributed by atoms with E-state index >= 15 is 0 Å². The number of hydrogen-bond donors (Lipinski definition) is 1. The van der Waals surface area contributed by atoms with E-state index in [-0.39, 0.29) is 12.0 Å². The van der Waals surface area contributed by atoms with Gasteiger partial charge in [-0.05, 0) is 19.3 Å². The Morgan fingerprint density at radius 3 is 2.90 bits per heavy atom. The molecule has 6 nitrogen and oxygen atoms in total. The fraction of sp³-hybridized carbons (Fsp3) is 0.733. The Kier molecular flexibility index (Phi) is 5.90. The summed E-state index contributed by atoms with van der Waals surface area (Å²) in [5.74, 6) is 0.909. The number of anilines is 1. The van der Waals surface area contributed by atoms with Gasteiger partial charge in [0.25, 0.3) is 0 Å². The van der Waals surface area contributed by atoms with Gasteiger partial charge in [0.1, 0.15) is 12.1 Å². The van der Waals surface area contributed by atoms with Crippen molar-refractivity contribution in [3.05, 3.63) is 18.1 Å². The molecule has 1 saturated heterocycles. The minimum atomic E-state index is -0.0966. The monoisotopic (exact) mass is 295 g/mol. The summed E-state index contributed by atoms with van der Waals surface area (Å²) in [6.45, 7) is 3.10. The van der Waals surface area contributed by atoms with Gasteiger partial charge < -0.3 is 19.5 Å². The first-order valence-electron chi connectivity index (χ1n) is 7.37. The summed E-state index contributed by atoms with van der Waals surface area (Å²) in [6, 6.07) is 1.97. The number of aliphatic hydroxyl groups excluding tert-OH is 1. The van der Waals surface area contributed by atoms with Crippen LogP contribution >= 0.6 is 0 Å². The van der Waals surface area contributed by atoms with Crippen LogP contribution in [0.2, 0.25) is 0 Å². The maximum atomic E-state index is 9.84. The van der Waals surface area contributed by atoms with Gasteiger partial charge in [-0.1, -0.05) is 0 Å². The molecule has 2 heterocycles. The van der Waals surface area contributed by atoms with E-state index < -0.39 is 0 Å². The standard InChI is InChI=1S/C15H25N3O3/c1-20-7-5-15(11-19)4-3-6-18(10-15)14-8-13(9-21-2)16-12-17-14/h8,12,19H,3-7,9-11H2,1-2H3/t15-/m0/s1. The topological polar surface area (TPSA) is 67.7 Å². The van der Waals surface area contributed by atoms with Gasteiger partial charge in [-0.2, -0.15) is 0 Å². The third kappa shape index (κ3) is 4.12. The van der Waals surface area contributed by atoms with Crippen molar-refractivity contribution in [2.45, 2.75) is 25.9 Å². The zero-order valence-electron chi connectivity index (χ0n) is 12.9. The highest BCUT2D eigenvalue weighted by molar-refractivity contribution is 5.40. The van der Waals surface area contributed by atoms with E-state index in [1.165, 1.54) is 0 Å². The Hall–Kier alpha value is -1.24. The minimum absolute atomic E-state index is 0.0966. The molecule has 0 aromatic carbocycles. The Bertz CT molecular complexity index is 444. The second kappa shape index (κ2) is 7.68. The van der Waals surface area contributed by atoms with E-state index in [1.807, 2.05) is 6.07 Å². The Balaban J connectivity index is 2.10.